The highest BCUT2D eigenvalue weighted by atomic mass is 16.3. The summed E-state index contributed by atoms with van der Waals surface area (Å²) in [7, 11) is 0. The number of rotatable bonds is 2. The SMILES string of the molecule is O[C@@H]1C[C@H]2CN(c3ccc4nccn4n3)C[C@H]2C[C@H]1N1CCCC1. The zero-order valence-electron chi connectivity index (χ0n) is 14.0. The van der Waals surface area contributed by atoms with Crippen LogP contribution in [0, 0.1) is 11.8 Å². The Balaban J connectivity index is 1.34. The number of aliphatic hydroxyl groups excluding tert-OH is 1. The number of anilines is 1. The van der Waals surface area contributed by atoms with Crippen LogP contribution in [0.4, 0.5) is 5.82 Å². The Kier molecular flexibility index (Phi) is 3.49. The lowest BCUT2D eigenvalue weighted by atomic mass is 9.77. The van der Waals surface area contributed by atoms with Crippen molar-refractivity contribution >= 4 is 11.5 Å². The third-order valence-electron chi connectivity index (χ3n) is 6.28. The Hall–Kier alpha value is -1.66. The average molecular weight is 327 g/mol. The van der Waals surface area contributed by atoms with Gasteiger partial charge in [-0.25, -0.2) is 9.50 Å². The second-order valence-corrected chi connectivity index (χ2v) is 7.70. The monoisotopic (exact) mass is 327 g/mol. The van der Waals surface area contributed by atoms with Crippen LogP contribution in [0.3, 0.4) is 0 Å². The van der Waals surface area contributed by atoms with Gasteiger partial charge in [0.15, 0.2) is 5.65 Å². The summed E-state index contributed by atoms with van der Waals surface area (Å²) in [5.74, 6) is 2.31. The lowest BCUT2D eigenvalue weighted by Gasteiger charge is -2.40. The van der Waals surface area contributed by atoms with E-state index in [1.165, 1.54) is 25.9 Å². The number of hydrogen-bond donors (Lipinski definition) is 1. The van der Waals surface area contributed by atoms with E-state index in [9.17, 15) is 5.11 Å². The van der Waals surface area contributed by atoms with Crippen molar-refractivity contribution in [2.45, 2.75) is 37.8 Å². The summed E-state index contributed by atoms with van der Waals surface area (Å²) in [5.41, 5.74) is 0.889. The molecule has 128 valence electrons. The van der Waals surface area contributed by atoms with Gasteiger partial charge in [0.1, 0.15) is 5.82 Å². The molecule has 2 aromatic heterocycles. The van der Waals surface area contributed by atoms with Gasteiger partial charge in [-0.2, -0.15) is 0 Å². The summed E-state index contributed by atoms with van der Waals surface area (Å²) in [4.78, 5) is 9.19. The predicted molar refractivity (Wildman–Crippen MR) is 92.0 cm³/mol. The van der Waals surface area contributed by atoms with E-state index in [0.29, 0.717) is 17.9 Å². The van der Waals surface area contributed by atoms with Crippen molar-refractivity contribution < 1.29 is 5.11 Å². The Morgan fingerprint density at radius 2 is 1.83 bits per heavy atom. The second kappa shape index (κ2) is 5.70. The fraction of sp³-hybridized carbons (Fsp3) is 0.667. The van der Waals surface area contributed by atoms with Gasteiger partial charge in [0, 0.05) is 31.5 Å². The quantitative estimate of drug-likeness (QED) is 0.904. The normalized spacial score (nSPS) is 34.1. The van der Waals surface area contributed by atoms with Crippen LogP contribution < -0.4 is 4.90 Å². The molecule has 0 amide bonds. The topological polar surface area (TPSA) is 56.9 Å². The second-order valence-electron chi connectivity index (χ2n) is 7.70. The number of aliphatic hydroxyl groups is 1. The van der Waals surface area contributed by atoms with Gasteiger partial charge >= 0.3 is 0 Å². The molecule has 0 spiro atoms. The van der Waals surface area contributed by atoms with Crippen LogP contribution >= 0.6 is 0 Å². The Labute approximate surface area is 142 Å². The lowest BCUT2D eigenvalue weighted by Crippen LogP contribution is -2.48. The number of imidazole rings is 1. The Bertz CT molecular complexity index is 725. The van der Waals surface area contributed by atoms with Crippen LogP contribution in [0.25, 0.3) is 5.65 Å². The molecule has 4 heterocycles. The molecule has 4 atom stereocenters. The Morgan fingerprint density at radius 3 is 2.67 bits per heavy atom. The predicted octanol–water partition coefficient (Wildman–Crippen LogP) is 1.40. The molecule has 1 aliphatic carbocycles. The van der Waals surface area contributed by atoms with Crippen molar-refractivity contribution in [2.75, 3.05) is 31.1 Å². The molecule has 24 heavy (non-hydrogen) atoms. The molecule has 3 aliphatic rings. The zero-order valence-corrected chi connectivity index (χ0v) is 14.0. The molecule has 1 N–H and O–H groups in total. The highest BCUT2D eigenvalue weighted by Gasteiger charge is 2.44. The number of hydrogen-bond acceptors (Lipinski definition) is 5. The van der Waals surface area contributed by atoms with Gasteiger partial charge < -0.3 is 10.0 Å². The summed E-state index contributed by atoms with van der Waals surface area (Å²) < 4.78 is 1.85. The maximum absolute atomic E-state index is 10.7. The minimum absolute atomic E-state index is 0.159. The van der Waals surface area contributed by atoms with Crippen LogP contribution in [0.1, 0.15) is 25.7 Å². The lowest BCUT2D eigenvalue weighted by molar-refractivity contribution is -0.000854. The smallest absolute Gasteiger partial charge is 0.153 e. The van der Waals surface area contributed by atoms with E-state index in [4.69, 9.17) is 5.10 Å². The molecular formula is C18H25N5O. The molecule has 2 aliphatic heterocycles. The van der Waals surface area contributed by atoms with Crippen molar-refractivity contribution in [3.05, 3.63) is 24.5 Å². The van der Waals surface area contributed by atoms with Crippen molar-refractivity contribution in [1.29, 1.82) is 0 Å². The first kappa shape index (κ1) is 14.7. The first-order valence-corrected chi connectivity index (χ1v) is 9.25. The van der Waals surface area contributed by atoms with Gasteiger partial charge in [-0.15, -0.1) is 5.10 Å². The van der Waals surface area contributed by atoms with Gasteiger partial charge in [-0.3, -0.25) is 4.90 Å². The number of likely N-dealkylation sites (tertiary alicyclic amines) is 1. The molecule has 5 rings (SSSR count). The molecule has 2 aromatic rings. The molecule has 0 unspecified atom stereocenters. The molecule has 0 radical (unpaired) electrons. The molecule has 0 aromatic carbocycles. The first-order chi connectivity index (χ1) is 11.8. The van der Waals surface area contributed by atoms with Crippen molar-refractivity contribution in [2.24, 2.45) is 11.8 Å². The van der Waals surface area contributed by atoms with Crippen molar-refractivity contribution in [3.8, 4) is 0 Å². The third-order valence-corrected chi connectivity index (χ3v) is 6.28. The van der Waals surface area contributed by atoms with Crippen LogP contribution in [-0.4, -0.2) is 62.9 Å². The minimum Gasteiger partial charge on any atom is -0.391 e. The van der Waals surface area contributed by atoms with Crippen LogP contribution in [0.5, 0.6) is 0 Å². The Morgan fingerprint density at radius 1 is 1.04 bits per heavy atom. The molecule has 2 saturated heterocycles. The maximum Gasteiger partial charge on any atom is 0.153 e. The first-order valence-electron chi connectivity index (χ1n) is 9.25. The molecule has 6 heteroatoms. The van der Waals surface area contributed by atoms with E-state index in [1.807, 2.05) is 16.8 Å². The fourth-order valence-corrected chi connectivity index (χ4v) is 5.03. The summed E-state index contributed by atoms with van der Waals surface area (Å²) in [5, 5.41) is 15.4. The molecule has 3 fully saturated rings. The van der Waals surface area contributed by atoms with Crippen molar-refractivity contribution in [1.82, 2.24) is 19.5 Å². The van der Waals surface area contributed by atoms with Gasteiger partial charge in [0.2, 0.25) is 0 Å². The van der Waals surface area contributed by atoms with Crippen molar-refractivity contribution in [3.63, 3.8) is 0 Å². The third kappa shape index (κ3) is 2.40. The van der Waals surface area contributed by atoms with E-state index in [0.717, 1.165) is 37.4 Å². The average Bonchev–Trinajstić information content (AvgIpc) is 3.32. The molecule has 0 bridgehead atoms. The molecule has 6 nitrogen and oxygen atoms in total. The van der Waals surface area contributed by atoms with E-state index < -0.39 is 0 Å². The summed E-state index contributed by atoms with van der Waals surface area (Å²) in [6, 6.07) is 4.48. The highest BCUT2D eigenvalue weighted by molar-refractivity contribution is 5.46. The van der Waals surface area contributed by atoms with E-state index in [1.54, 1.807) is 6.20 Å². The maximum atomic E-state index is 10.7. The van der Waals surface area contributed by atoms with Crippen LogP contribution in [0.15, 0.2) is 24.5 Å². The molecule has 1 saturated carbocycles. The summed E-state index contributed by atoms with van der Waals surface area (Å²) in [6.45, 7) is 4.42. The standard InChI is InChI=1S/C18H25N5O/c24-16-10-14-12-22(18-4-3-17-19-5-8-23(17)20-18)11-13(14)9-15(16)21-6-1-2-7-21/h3-5,8,13-16,24H,1-2,6-7,9-12H2/t13-,14+,15-,16-/m1/s1. The van der Waals surface area contributed by atoms with Gasteiger partial charge in [0.25, 0.3) is 0 Å². The van der Waals surface area contributed by atoms with E-state index >= 15 is 0 Å². The van der Waals surface area contributed by atoms with E-state index in [2.05, 4.69) is 20.9 Å². The zero-order chi connectivity index (χ0) is 16.1. The number of nitrogens with zero attached hydrogens (tertiary/aromatic N) is 5. The minimum atomic E-state index is -0.159. The fourth-order valence-electron chi connectivity index (χ4n) is 5.03. The van der Waals surface area contributed by atoms with Gasteiger partial charge in [-0.1, -0.05) is 0 Å². The largest absolute Gasteiger partial charge is 0.391 e. The number of aromatic nitrogens is 3. The summed E-state index contributed by atoms with van der Waals surface area (Å²) >= 11 is 0. The molecular weight excluding hydrogens is 302 g/mol. The van der Waals surface area contributed by atoms with Crippen LogP contribution in [-0.2, 0) is 0 Å². The van der Waals surface area contributed by atoms with Crippen LogP contribution in [0.2, 0.25) is 0 Å². The number of fused-ring (bicyclic) bond motifs is 2. The van der Waals surface area contributed by atoms with Gasteiger partial charge in [-0.05, 0) is 62.7 Å². The highest BCUT2D eigenvalue weighted by Crippen LogP contribution is 2.40. The van der Waals surface area contributed by atoms with E-state index in [-0.39, 0.29) is 6.10 Å². The van der Waals surface area contributed by atoms with Gasteiger partial charge in [0.05, 0.1) is 6.10 Å². The summed E-state index contributed by atoms with van der Waals surface area (Å²) in [6.07, 6.45) is 8.18.